The zero-order chi connectivity index (χ0) is 18.8. The van der Waals surface area contributed by atoms with Crippen molar-refractivity contribution in [3.8, 4) is 0 Å². The number of nitro groups is 1. The first kappa shape index (κ1) is 17.6. The summed E-state index contributed by atoms with van der Waals surface area (Å²) < 4.78 is 1.15. The third kappa shape index (κ3) is 3.55. The van der Waals surface area contributed by atoms with Gasteiger partial charge in [0, 0.05) is 22.8 Å². The maximum absolute atomic E-state index is 12.5. The second-order valence-electron chi connectivity index (χ2n) is 5.64. The van der Waals surface area contributed by atoms with Gasteiger partial charge in [-0.25, -0.2) is 4.98 Å². The number of fused-ring (bicyclic) bond motifs is 1. The van der Waals surface area contributed by atoms with Crippen LogP contribution in [0.2, 0.25) is 5.02 Å². The average molecular weight is 373 g/mol. The van der Waals surface area contributed by atoms with E-state index in [-0.39, 0.29) is 23.1 Å². The Bertz CT molecular complexity index is 1090. The van der Waals surface area contributed by atoms with Gasteiger partial charge in [0.15, 0.2) is 0 Å². The van der Waals surface area contributed by atoms with Crippen molar-refractivity contribution in [2.45, 2.75) is 13.5 Å². The summed E-state index contributed by atoms with van der Waals surface area (Å²) in [6.45, 7) is 1.57. The lowest BCUT2D eigenvalue weighted by molar-refractivity contribution is -0.384. The minimum absolute atomic E-state index is 0.155. The first-order chi connectivity index (χ1) is 12.3. The lowest BCUT2D eigenvalue weighted by atomic mass is 10.2. The van der Waals surface area contributed by atoms with Crippen molar-refractivity contribution >= 4 is 39.8 Å². The Morgan fingerprint density at radius 2 is 2.08 bits per heavy atom. The fourth-order valence-corrected chi connectivity index (χ4v) is 2.71. The number of aromatic nitrogens is 2. The summed E-state index contributed by atoms with van der Waals surface area (Å²) in [5, 5.41) is 14.3. The number of anilines is 1. The Morgan fingerprint density at radius 3 is 2.77 bits per heavy atom. The second-order valence-corrected chi connectivity index (χ2v) is 6.08. The Morgan fingerprint density at radius 1 is 1.31 bits per heavy atom. The van der Waals surface area contributed by atoms with E-state index in [0.717, 1.165) is 10.1 Å². The minimum Gasteiger partial charge on any atom is -0.324 e. The number of nitro benzene ring substituents is 1. The monoisotopic (exact) mass is 372 g/mol. The normalized spacial score (nSPS) is 10.7. The number of nitrogens with one attached hydrogen (secondary N) is 1. The summed E-state index contributed by atoms with van der Waals surface area (Å²) in [5.41, 5.74) is 0.986. The predicted molar refractivity (Wildman–Crippen MR) is 97.5 cm³/mol. The molecule has 9 heteroatoms. The van der Waals surface area contributed by atoms with E-state index < -0.39 is 16.4 Å². The Hall–Kier alpha value is -3.26. The molecule has 2 aromatic carbocycles. The highest BCUT2D eigenvalue weighted by atomic mass is 35.5. The van der Waals surface area contributed by atoms with E-state index in [0.29, 0.717) is 10.7 Å². The molecule has 1 amide bonds. The number of amides is 1. The van der Waals surface area contributed by atoms with Crippen LogP contribution in [0.25, 0.3) is 10.9 Å². The number of hydrogen-bond acceptors (Lipinski definition) is 5. The number of non-ortho nitro benzene ring substituents is 1. The molecule has 0 saturated carbocycles. The number of benzene rings is 2. The molecular weight excluding hydrogens is 360 g/mol. The van der Waals surface area contributed by atoms with Gasteiger partial charge in [0.05, 0.1) is 22.2 Å². The van der Waals surface area contributed by atoms with Gasteiger partial charge in [-0.3, -0.25) is 24.3 Å². The summed E-state index contributed by atoms with van der Waals surface area (Å²) in [7, 11) is 0. The van der Waals surface area contributed by atoms with Crippen LogP contribution < -0.4 is 10.9 Å². The predicted octanol–water partition coefficient (Wildman–Crippen LogP) is 2.91. The molecule has 3 aromatic rings. The maximum atomic E-state index is 12.5. The van der Waals surface area contributed by atoms with E-state index in [4.69, 9.17) is 11.6 Å². The van der Waals surface area contributed by atoms with Gasteiger partial charge in [-0.15, -0.1) is 0 Å². The zero-order valence-corrected chi connectivity index (χ0v) is 14.4. The number of rotatable bonds is 4. The van der Waals surface area contributed by atoms with E-state index in [1.54, 1.807) is 25.1 Å². The van der Waals surface area contributed by atoms with Crippen LogP contribution in [0.1, 0.15) is 5.56 Å². The molecule has 1 aromatic heterocycles. The van der Waals surface area contributed by atoms with Gasteiger partial charge in [0.25, 0.3) is 11.2 Å². The molecule has 1 N–H and O–H groups in total. The quantitative estimate of drug-likeness (QED) is 0.559. The third-order valence-corrected chi connectivity index (χ3v) is 4.03. The van der Waals surface area contributed by atoms with Crippen molar-refractivity contribution in [1.82, 2.24) is 9.55 Å². The van der Waals surface area contributed by atoms with E-state index >= 15 is 0 Å². The molecule has 0 unspecified atom stereocenters. The Labute approximate surface area is 152 Å². The molecule has 0 saturated heterocycles. The summed E-state index contributed by atoms with van der Waals surface area (Å²) >= 11 is 5.88. The Kier molecular flexibility index (Phi) is 4.68. The molecule has 0 bridgehead atoms. The molecule has 0 aliphatic heterocycles. The van der Waals surface area contributed by atoms with Gasteiger partial charge in [-0.05, 0) is 36.8 Å². The number of nitrogens with zero attached hydrogens (tertiary/aromatic N) is 3. The number of carbonyl (C=O) groups is 1. The highest BCUT2D eigenvalue weighted by Gasteiger charge is 2.12. The fourth-order valence-electron chi connectivity index (χ4n) is 2.48. The summed E-state index contributed by atoms with van der Waals surface area (Å²) in [6, 6.07) is 8.83. The van der Waals surface area contributed by atoms with Crippen LogP contribution in [0.5, 0.6) is 0 Å². The highest BCUT2D eigenvalue weighted by Crippen LogP contribution is 2.19. The SMILES string of the molecule is Cc1cc(Cl)ccc1NC(=O)Cn1cnc2cc([N+](=O)[O-])ccc2c1=O. The summed E-state index contributed by atoms with van der Waals surface area (Å²) in [5.74, 6) is -0.402. The highest BCUT2D eigenvalue weighted by molar-refractivity contribution is 6.30. The topological polar surface area (TPSA) is 107 Å². The van der Waals surface area contributed by atoms with Crippen LogP contribution in [0.15, 0.2) is 47.5 Å². The van der Waals surface area contributed by atoms with Crippen molar-refractivity contribution in [2.75, 3.05) is 5.32 Å². The van der Waals surface area contributed by atoms with Crippen LogP contribution >= 0.6 is 11.6 Å². The van der Waals surface area contributed by atoms with E-state index in [2.05, 4.69) is 10.3 Å². The Balaban J connectivity index is 1.85. The number of aryl methyl sites for hydroxylation is 1. The molecule has 0 spiro atoms. The first-order valence-electron chi connectivity index (χ1n) is 7.55. The molecule has 8 nitrogen and oxygen atoms in total. The lowest BCUT2D eigenvalue weighted by Gasteiger charge is -2.10. The average Bonchev–Trinajstić information content (AvgIpc) is 2.59. The maximum Gasteiger partial charge on any atom is 0.271 e. The number of halogens is 1. The van der Waals surface area contributed by atoms with Crippen LogP contribution in [0.3, 0.4) is 0 Å². The third-order valence-electron chi connectivity index (χ3n) is 3.80. The van der Waals surface area contributed by atoms with Crippen LogP contribution in [0.4, 0.5) is 11.4 Å². The largest absolute Gasteiger partial charge is 0.324 e. The van der Waals surface area contributed by atoms with Crippen molar-refractivity contribution in [2.24, 2.45) is 0 Å². The minimum atomic E-state index is -0.561. The molecule has 1 heterocycles. The van der Waals surface area contributed by atoms with Crippen LogP contribution in [-0.2, 0) is 11.3 Å². The summed E-state index contributed by atoms with van der Waals surface area (Å²) in [6.07, 6.45) is 1.20. The van der Waals surface area contributed by atoms with E-state index in [1.165, 1.54) is 24.5 Å². The molecule has 0 aliphatic rings. The zero-order valence-electron chi connectivity index (χ0n) is 13.6. The van der Waals surface area contributed by atoms with Crippen molar-refractivity contribution in [3.63, 3.8) is 0 Å². The van der Waals surface area contributed by atoms with Gasteiger partial charge in [-0.1, -0.05) is 11.6 Å². The van der Waals surface area contributed by atoms with Crippen molar-refractivity contribution < 1.29 is 9.72 Å². The van der Waals surface area contributed by atoms with Gasteiger partial charge in [-0.2, -0.15) is 0 Å². The molecule has 0 aliphatic carbocycles. The second kappa shape index (κ2) is 6.93. The molecule has 0 fully saturated rings. The first-order valence-corrected chi connectivity index (χ1v) is 7.92. The van der Waals surface area contributed by atoms with Gasteiger partial charge in [0.2, 0.25) is 5.91 Å². The number of carbonyl (C=O) groups excluding carboxylic acids is 1. The standard InChI is InChI=1S/C17H13ClN4O4/c1-10-6-11(18)2-5-14(10)20-16(23)8-21-9-19-15-7-12(22(25)26)3-4-13(15)17(21)24/h2-7,9H,8H2,1H3,(H,20,23). The lowest BCUT2D eigenvalue weighted by Crippen LogP contribution is -2.28. The van der Waals surface area contributed by atoms with Crippen LogP contribution in [0, 0.1) is 17.0 Å². The van der Waals surface area contributed by atoms with Crippen LogP contribution in [-0.4, -0.2) is 20.4 Å². The van der Waals surface area contributed by atoms with E-state index in [9.17, 15) is 19.7 Å². The van der Waals surface area contributed by atoms with Crippen molar-refractivity contribution in [1.29, 1.82) is 0 Å². The molecule has 3 rings (SSSR count). The van der Waals surface area contributed by atoms with Gasteiger partial charge in [0.1, 0.15) is 6.54 Å². The molecule has 132 valence electrons. The molecule has 26 heavy (non-hydrogen) atoms. The fraction of sp³-hybridized carbons (Fsp3) is 0.118. The summed E-state index contributed by atoms with van der Waals surface area (Å²) in [4.78, 5) is 39.0. The van der Waals surface area contributed by atoms with Gasteiger partial charge >= 0.3 is 0 Å². The number of hydrogen-bond donors (Lipinski definition) is 1. The van der Waals surface area contributed by atoms with Crippen molar-refractivity contribution in [3.05, 3.63) is 73.8 Å². The van der Waals surface area contributed by atoms with Gasteiger partial charge < -0.3 is 5.32 Å². The smallest absolute Gasteiger partial charge is 0.271 e. The molecule has 0 atom stereocenters. The molecule has 0 radical (unpaired) electrons. The van der Waals surface area contributed by atoms with E-state index in [1.807, 2.05) is 0 Å². The molecular formula is C17H13ClN4O4.